The third-order valence-corrected chi connectivity index (χ3v) is 29.1. The van der Waals surface area contributed by atoms with E-state index in [9.17, 15) is 58.8 Å². The Kier molecular flexibility index (Phi) is 36.1. The molecule has 0 unspecified atom stereocenters. The average molecular weight is 2030 g/mol. The van der Waals surface area contributed by atoms with Crippen LogP contribution in [0.3, 0.4) is 0 Å². The Bertz CT molecular complexity index is 6100. The molecule has 4 N–H and O–H groups in total. The van der Waals surface area contributed by atoms with E-state index < -0.39 is 72.5 Å². The Morgan fingerprint density at radius 2 is 0.473 bits per heavy atom. The summed E-state index contributed by atoms with van der Waals surface area (Å²) >= 11 is 0. The first kappa shape index (κ1) is 106. The highest BCUT2D eigenvalue weighted by molar-refractivity contribution is 5.92. The maximum absolute atomic E-state index is 14.0. The van der Waals surface area contributed by atoms with Gasteiger partial charge in [0.05, 0.1) is 59.5 Å². The number of carboxylic acid groups (broad SMARTS) is 4. The zero-order valence-electron chi connectivity index (χ0n) is 84.8. The van der Waals surface area contributed by atoms with Crippen molar-refractivity contribution in [2.24, 2.45) is 0 Å². The Balaban J connectivity index is 0.000000136. The Labute approximate surface area is 873 Å². The highest BCUT2D eigenvalue weighted by atomic mass is 16.5. The van der Waals surface area contributed by atoms with Gasteiger partial charge in [0.25, 0.3) is 23.6 Å². The van der Waals surface area contributed by atoms with E-state index in [0.29, 0.717) is 76.3 Å². The summed E-state index contributed by atoms with van der Waals surface area (Å²) in [5.41, 5.74) is 10.4. The number of nitrogens with zero attached hydrogens (tertiary/aromatic N) is 4. The second-order valence-electron chi connectivity index (χ2n) is 38.7. The first-order chi connectivity index (χ1) is 73.2. The fraction of sp³-hybridized carbons (Fsp3) is 0.344. The van der Waals surface area contributed by atoms with Crippen LogP contribution in [0.4, 0.5) is 0 Å². The highest BCUT2D eigenvalue weighted by Crippen LogP contribution is 2.49. The lowest BCUT2D eigenvalue weighted by Gasteiger charge is -2.37. The van der Waals surface area contributed by atoms with Crippen molar-refractivity contribution >= 4 is 47.5 Å². The van der Waals surface area contributed by atoms with E-state index in [-0.39, 0.29) is 99.9 Å². The molecule has 4 aliphatic heterocycles. The molecule has 12 aromatic rings. The number of hydrogen-bond donors (Lipinski definition) is 4. The van der Waals surface area contributed by atoms with Gasteiger partial charge in [0.2, 0.25) is 0 Å². The van der Waals surface area contributed by atoms with Crippen LogP contribution in [-0.2, 0) is 116 Å². The Morgan fingerprint density at radius 1 is 0.267 bits per heavy atom. The van der Waals surface area contributed by atoms with Gasteiger partial charge in [-0.05, 0) is 162 Å². The fourth-order valence-corrected chi connectivity index (χ4v) is 21.2. The van der Waals surface area contributed by atoms with Crippen molar-refractivity contribution in [2.45, 2.75) is 234 Å². The number of benzene rings is 12. The number of rotatable bonds is 34. The summed E-state index contributed by atoms with van der Waals surface area (Å²) in [5.74, 6) is 0.333. The Hall–Kier alpha value is -15.4. The zero-order valence-corrected chi connectivity index (χ0v) is 84.8. The summed E-state index contributed by atoms with van der Waals surface area (Å²) in [6, 6.07) is 85.8. The van der Waals surface area contributed by atoms with E-state index in [1.165, 1.54) is 19.6 Å². The van der Waals surface area contributed by atoms with Crippen LogP contribution in [-0.4, -0.2) is 171 Å². The van der Waals surface area contributed by atoms with Gasteiger partial charge in [0, 0.05) is 80.5 Å². The van der Waals surface area contributed by atoms with Gasteiger partial charge in [-0.3, -0.25) is 19.2 Å². The molecule has 20 rings (SSSR count). The molecule has 8 atom stereocenters. The number of methoxy groups -OCH3 is 4. The van der Waals surface area contributed by atoms with Crippen LogP contribution in [0.1, 0.15) is 199 Å². The van der Waals surface area contributed by atoms with E-state index in [1.54, 1.807) is 46.6 Å². The number of para-hydroxylation sites is 3. The second-order valence-corrected chi connectivity index (χ2v) is 38.7. The lowest BCUT2D eigenvalue weighted by atomic mass is 9.91. The van der Waals surface area contributed by atoms with Gasteiger partial charge in [0.15, 0.2) is 70.4 Å². The van der Waals surface area contributed by atoms with Crippen LogP contribution in [0.15, 0.2) is 291 Å². The molecule has 0 radical (unpaired) electrons. The molecule has 8 aliphatic rings. The molecular formula is C122H128N4O24. The number of amides is 4. The number of ether oxygens (including phenoxy) is 12. The molecule has 28 heteroatoms. The predicted molar refractivity (Wildman–Crippen MR) is 560 cm³/mol. The molecule has 0 saturated heterocycles. The molecule has 0 aromatic heterocycles. The topological polar surface area (TPSA) is 341 Å². The van der Waals surface area contributed by atoms with Gasteiger partial charge in [0.1, 0.15) is 41.4 Å². The molecule has 12 aromatic carbocycles. The van der Waals surface area contributed by atoms with Crippen molar-refractivity contribution in [2.75, 3.05) is 35.0 Å². The molecule has 780 valence electrons. The van der Waals surface area contributed by atoms with Gasteiger partial charge in [-0.25, -0.2) is 19.2 Å². The van der Waals surface area contributed by atoms with Crippen molar-refractivity contribution in [3.8, 4) is 63.2 Å². The van der Waals surface area contributed by atoms with Crippen molar-refractivity contribution < 1.29 is 116 Å². The summed E-state index contributed by atoms with van der Waals surface area (Å²) in [4.78, 5) is 112. The minimum absolute atomic E-state index is 0.00612. The first-order valence-electron chi connectivity index (χ1n) is 51.7. The molecule has 28 nitrogen and oxygen atoms in total. The van der Waals surface area contributed by atoms with Crippen LogP contribution in [0, 0.1) is 0 Å². The van der Waals surface area contributed by atoms with E-state index >= 15 is 0 Å². The maximum atomic E-state index is 14.0. The molecule has 4 fully saturated rings. The molecule has 4 heterocycles. The molecular weight excluding hydrogens is 1910 g/mol. The summed E-state index contributed by atoms with van der Waals surface area (Å²) in [6.07, 6.45) is 13.5. The van der Waals surface area contributed by atoms with Gasteiger partial charge >= 0.3 is 23.9 Å². The van der Waals surface area contributed by atoms with E-state index in [1.807, 2.05) is 273 Å². The number of carbonyl (C=O) groups excluding carboxylic acids is 4. The molecule has 4 saturated carbocycles. The largest absolute Gasteiger partial charge is 0.493 e. The van der Waals surface area contributed by atoms with Gasteiger partial charge in [-0.2, -0.15) is 0 Å². The Morgan fingerprint density at radius 3 is 0.693 bits per heavy atom. The number of aliphatic carboxylic acids is 4. The van der Waals surface area contributed by atoms with Crippen molar-refractivity contribution in [1.82, 2.24) is 19.6 Å². The minimum atomic E-state index is -1.07. The van der Waals surface area contributed by atoms with Crippen LogP contribution in [0.25, 0.3) is 0 Å². The van der Waals surface area contributed by atoms with Crippen LogP contribution < -0.4 is 37.9 Å². The average Bonchev–Trinajstić information content (AvgIpc) is 0.829. The molecule has 150 heavy (non-hydrogen) atoms. The number of carboxylic acids is 4. The van der Waals surface area contributed by atoms with Crippen molar-refractivity contribution in [1.29, 1.82) is 0 Å². The molecule has 0 spiro atoms. The molecule has 4 amide bonds. The van der Waals surface area contributed by atoms with Crippen molar-refractivity contribution in [3.05, 3.63) is 364 Å². The van der Waals surface area contributed by atoms with E-state index in [0.717, 1.165) is 175 Å². The van der Waals surface area contributed by atoms with Crippen LogP contribution in [0.5, 0.6) is 63.2 Å². The zero-order chi connectivity index (χ0) is 105. The maximum Gasteiger partial charge on any atom is 0.326 e. The molecule has 4 aliphatic carbocycles. The fourth-order valence-electron chi connectivity index (χ4n) is 21.2. The molecule has 0 bridgehead atoms. The summed E-state index contributed by atoms with van der Waals surface area (Å²) < 4.78 is 72.4. The monoisotopic (exact) mass is 2030 g/mol. The number of fused-ring (bicyclic) bond motifs is 4. The summed E-state index contributed by atoms with van der Waals surface area (Å²) in [5, 5.41) is 40.9. The van der Waals surface area contributed by atoms with Gasteiger partial charge in [-0.1, -0.05) is 282 Å². The summed E-state index contributed by atoms with van der Waals surface area (Å²) in [6.45, 7) is 0.983. The lowest BCUT2D eigenvalue weighted by Crippen LogP contribution is -2.50. The normalized spacial score (nSPS) is 18.1. The number of hydrogen-bond acceptors (Lipinski definition) is 20. The first-order valence-corrected chi connectivity index (χ1v) is 51.7. The van der Waals surface area contributed by atoms with Gasteiger partial charge in [-0.15, -0.1) is 0 Å². The predicted octanol–water partition coefficient (Wildman–Crippen LogP) is 21.9. The quantitative estimate of drug-likeness (QED) is 0.0291. The number of carbonyl (C=O) groups is 8. The standard InChI is InChI=1S/C32H35NO6.3C30H31NO6/c1-37-28-17-16-24-21-33(31(34)29(23-12-6-3-7-13-23)39-25-14-8-9-15-25)27(32(35)36)20-26(24)30(28)38-19-18-22-10-4-2-5-11-22;3*1-35-26-17-16-21-19-31(25(30(33)34)18-24(21)28(26)37-23-12-6-3-7-13-23)29(32)27(20-10-4-2-5-11-20)36-22-14-8-9-15-22/h2-7,10-13,16-17,25,27,29H,8-9,14-15,18-21H2,1H3,(H,35,36);3*2-7,10-13,16-17,22,25,27H,8-9,14-15,18-19H2,1H3,(H,33,34)/t27-,29-;2*25-,27+;25-,27-/m0101/s1. The van der Waals surface area contributed by atoms with E-state index in [4.69, 9.17) is 56.8 Å². The van der Waals surface area contributed by atoms with Crippen LogP contribution in [0.2, 0.25) is 0 Å². The smallest absolute Gasteiger partial charge is 0.326 e. The van der Waals surface area contributed by atoms with E-state index in [2.05, 4.69) is 0 Å². The van der Waals surface area contributed by atoms with Crippen LogP contribution >= 0.6 is 0 Å². The van der Waals surface area contributed by atoms with Gasteiger partial charge < -0.3 is 96.9 Å². The van der Waals surface area contributed by atoms with Crippen molar-refractivity contribution in [3.63, 3.8) is 0 Å². The summed E-state index contributed by atoms with van der Waals surface area (Å²) in [7, 11) is 6.23. The third-order valence-electron chi connectivity index (χ3n) is 29.1. The third kappa shape index (κ3) is 25.8. The SMILES string of the molecule is COc1ccc2c(c1OCCc1ccccc1)C[C@@H](C(=O)O)N(C(=O)[C@@H](OC1CCCC1)c1ccccc1)C2.COc1ccc2c(c1Oc1ccccc1)C[C@@H](C(=O)O)N(C(=O)[C@H](OC1CCCC1)c1ccccc1)C2.COc1ccc2c(c1Oc1ccccc1)C[C@H](C(=O)O)N(C(=O)[C@@H](OC1CCCC1)c1ccccc1)C2.COc1ccc2c(c1Oc1ccccc1)C[C@H](C(=O)O)N(C(=O)[C@H](OC1CCCC1)c1ccccc1)C2. The minimum Gasteiger partial charge on any atom is -0.493 e. The highest BCUT2D eigenvalue weighted by Gasteiger charge is 2.47. The lowest BCUT2D eigenvalue weighted by molar-refractivity contribution is -0.160. The second kappa shape index (κ2) is 51.0.